The van der Waals surface area contributed by atoms with E-state index in [1.807, 2.05) is 0 Å². The summed E-state index contributed by atoms with van der Waals surface area (Å²) in [5.41, 5.74) is 0. The van der Waals surface area contributed by atoms with E-state index in [-0.39, 0.29) is 0 Å². The molecule has 0 fully saturated rings. The molecule has 1 aromatic rings. The van der Waals surface area contributed by atoms with E-state index in [2.05, 4.69) is 20.9 Å². The van der Waals surface area contributed by atoms with Gasteiger partial charge in [0.1, 0.15) is 0 Å². The Morgan fingerprint density at radius 2 is 1.88 bits per heavy atom. The normalized spacial score (nSPS) is 9.00. The summed E-state index contributed by atoms with van der Waals surface area (Å²) < 4.78 is 0. The quantitative estimate of drug-likeness (QED) is 0.446. The van der Waals surface area contributed by atoms with Crippen LogP contribution in [0.4, 0.5) is 4.79 Å². The van der Waals surface area contributed by atoms with Crippen molar-refractivity contribution in [2.45, 2.75) is 0 Å². The van der Waals surface area contributed by atoms with Crippen LogP contribution in [-0.4, -0.2) is 36.8 Å². The van der Waals surface area contributed by atoms with Crippen molar-refractivity contribution in [2.75, 3.05) is 0 Å². The fraction of sp³-hybridized carbons (Fsp3) is 0. The molecule has 0 amide bonds. The second kappa shape index (κ2) is 1.52. The number of nitrogens with zero attached hydrogens (tertiary/aromatic N) is 5. The summed E-state index contributed by atoms with van der Waals surface area (Å²) in [4.78, 5) is 10.2. The van der Waals surface area contributed by atoms with Crippen LogP contribution in [0.1, 0.15) is 0 Å². The van der Waals surface area contributed by atoms with E-state index < -0.39 is 6.09 Å². The molecule has 1 N–H and O–H groups in total. The molecule has 0 aliphatic carbocycles. The summed E-state index contributed by atoms with van der Waals surface area (Å²) in [6.45, 7) is 0. The third-order valence-electron chi connectivity index (χ3n) is 0.461. The van der Waals surface area contributed by atoms with Gasteiger partial charge in [-0.3, -0.25) is 0 Å². The van der Waals surface area contributed by atoms with Crippen LogP contribution >= 0.6 is 0 Å². The fourth-order valence-electron chi connectivity index (χ4n) is 0.206. The SMILES string of the molecule is O=C(O)n1nnnn1. The summed E-state index contributed by atoms with van der Waals surface area (Å²) in [5.74, 6) is 0. The number of rotatable bonds is 0. The van der Waals surface area contributed by atoms with Gasteiger partial charge >= 0.3 is 6.09 Å². The van der Waals surface area contributed by atoms with Gasteiger partial charge in [0.05, 0.1) is 0 Å². The molecule has 7 nitrogen and oxygen atoms in total. The smallest absolute Gasteiger partial charge is 0.452 e. The van der Waals surface area contributed by atoms with Crippen molar-refractivity contribution in [3.63, 3.8) is 0 Å². The van der Waals surface area contributed by atoms with Gasteiger partial charge in [-0.15, -0.1) is 0 Å². The molecule has 0 spiro atoms. The molecule has 0 saturated carbocycles. The zero-order chi connectivity index (χ0) is 5.98. The second-order valence-corrected chi connectivity index (χ2v) is 0.930. The monoisotopic (exact) mass is 115 g/mol. The average Bonchev–Trinajstić information content (AvgIpc) is 2.12. The zero-order valence-corrected chi connectivity index (χ0v) is 3.59. The van der Waals surface area contributed by atoms with Crippen LogP contribution in [0.2, 0.25) is 0 Å². The molecule has 0 aliphatic heterocycles. The van der Waals surface area contributed by atoms with Crippen molar-refractivity contribution in [1.29, 1.82) is 0 Å². The lowest BCUT2D eigenvalue weighted by Crippen LogP contribution is -2.11. The van der Waals surface area contributed by atoms with E-state index in [1.165, 1.54) is 0 Å². The van der Waals surface area contributed by atoms with E-state index in [0.29, 0.717) is 4.80 Å². The molecule has 0 bridgehead atoms. The van der Waals surface area contributed by atoms with Gasteiger partial charge in [0.2, 0.25) is 0 Å². The summed E-state index contributed by atoms with van der Waals surface area (Å²) in [6.07, 6.45) is -1.30. The van der Waals surface area contributed by atoms with Gasteiger partial charge in [-0.1, -0.05) is 0 Å². The largest absolute Gasteiger partial charge is 0.462 e. The molecule has 42 valence electrons. The molecule has 0 radical (unpaired) electrons. The van der Waals surface area contributed by atoms with Gasteiger partial charge < -0.3 is 5.11 Å². The maximum absolute atomic E-state index is 9.82. The van der Waals surface area contributed by atoms with Crippen LogP contribution < -0.4 is 0 Å². The molecule has 0 aliphatic rings. The fourth-order valence-corrected chi connectivity index (χ4v) is 0.206. The van der Waals surface area contributed by atoms with Crippen molar-refractivity contribution in [2.24, 2.45) is 0 Å². The highest BCUT2D eigenvalue weighted by Crippen LogP contribution is 1.65. The lowest BCUT2D eigenvalue weighted by molar-refractivity contribution is 0.187. The van der Waals surface area contributed by atoms with Crippen molar-refractivity contribution in [3.05, 3.63) is 0 Å². The number of carbonyl (C=O) groups is 1. The third-order valence-corrected chi connectivity index (χ3v) is 0.461. The van der Waals surface area contributed by atoms with Gasteiger partial charge in [0.25, 0.3) is 0 Å². The topological polar surface area (TPSA) is 93.8 Å². The first kappa shape index (κ1) is 4.62. The van der Waals surface area contributed by atoms with E-state index >= 15 is 0 Å². The average molecular weight is 115 g/mol. The molecule has 8 heavy (non-hydrogen) atoms. The van der Waals surface area contributed by atoms with Gasteiger partial charge in [-0.05, 0) is 25.7 Å². The Bertz CT molecular complexity index is 178. The second-order valence-electron chi connectivity index (χ2n) is 0.930. The number of aromatic nitrogens is 5. The van der Waals surface area contributed by atoms with Gasteiger partial charge in [0, 0.05) is 0 Å². The van der Waals surface area contributed by atoms with Crippen LogP contribution in [0.25, 0.3) is 0 Å². The summed E-state index contributed by atoms with van der Waals surface area (Å²) in [5, 5.41) is 19.8. The molecule has 0 atom stereocenters. The minimum absolute atomic E-state index is 0.361. The van der Waals surface area contributed by atoms with Gasteiger partial charge in [0.15, 0.2) is 0 Å². The maximum atomic E-state index is 9.82. The highest BCUT2D eigenvalue weighted by atomic mass is 16.4. The molecule has 0 saturated heterocycles. The minimum Gasteiger partial charge on any atom is -0.462 e. The number of carboxylic acid groups (broad SMARTS) is 1. The van der Waals surface area contributed by atoms with Crippen LogP contribution in [0, 0.1) is 0 Å². The predicted molar refractivity (Wildman–Crippen MR) is 19.0 cm³/mol. The van der Waals surface area contributed by atoms with Crippen LogP contribution in [0.3, 0.4) is 0 Å². The third kappa shape index (κ3) is 0.600. The standard InChI is InChI=1S/CHN5O2/c7-1(8)6-4-2-3-5-6/h(H,7,8). The van der Waals surface area contributed by atoms with Crippen LogP contribution in [-0.2, 0) is 0 Å². The van der Waals surface area contributed by atoms with Crippen molar-refractivity contribution >= 4 is 6.09 Å². The first-order valence-corrected chi connectivity index (χ1v) is 1.65. The highest BCUT2D eigenvalue weighted by Gasteiger charge is 2.00. The Hall–Kier alpha value is -1.53. The van der Waals surface area contributed by atoms with Crippen molar-refractivity contribution < 1.29 is 9.90 Å². The molecule has 0 unspecified atom stereocenters. The number of hydrogen-bond donors (Lipinski definition) is 1. The minimum atomic E-state index is -1.30. The zero-order valence-electron chi connectivity index (χ0n) is 3.59. The molecule has 1 heterocycles. The summed E-state index contributed by atoms with van der Waals surface area (Å²) in [6, 6.07) is 0. The lowest BCUT2D eigenvalue weighted by atomic mass is 11.2. The Kier molecular flexibility index (Phi) is 0.881. The highest BCUT2D eigenvalue weighted by molar-refractivity contribution is 5.64. The van der Waals surface area contributed by atoms with Crippen molar-refractivity contribution in [1.82, 2.24) is 25.7 Å². The Labute approximate surface area is 42.9 Å². The molecule has 0 aromatic carbocycles. The first-order chi connectivity index (χ1) is 3.80. The molecular weight excluding hydrogens is 114 g/mol. The predicted octanol–water partition coefficient (Wildman–Crippen LogP) is -1.41. The Balaban J connectivity index is 2.93. The van der Waals surface area contributed by atoms with E-state index in [4.69, 9.17) is 5.11 Å². The lowest BCUT2D eigenvalue weighted by Gasteiger charge is -1.78. The summed E-state index contributed by atoms with van der Waals surface area (Å²) in [7, 11) is 0. The van der Waals surface area contributed by atoms with Gasteiger partial charge in [-0.25, -0.2) is 4.79 Å². The van der Waals surface area contributed by atoms with E-state index in [1.54, 1.807) is 0 Å². The van der Waals surface area contributed by atoms with Crippen LogP contribution in [0.5, 0.6) is 0 Å². The van der Waals surface area contributed by atoms with Crippen LogP contribution in [0.15, 0.2) is 0 Å². The maximum Gasteiger partial charge on any atom is 0.452 e. The number of hydrogen-bond acceptors (Lipinski definition) is 5. The Morgan fingerprint density at radius 3 is 2.12 bits per heavy atom. The first-order valence-electron chi connectivity index (χ1n) is 1.65. The van der Waals surface area contributed by atoms with E-state index in [9.17, 15) is 4.79 Å². The molecule has 1 rings (SSSR count). The van der Waals surface area contributed by atoms with Gasteiger partial charge in [-0.2, -0.15) is 0 Å². The molecule has 7 heteroatoms. The Morgan fingerprint density at radius 1 is 1.38 bits per heavy atom. The molecule has 1 aromatic heterocycles. The van der Waals surface area contributed by atoms with Crippen molar-refractivity contribution in [3.8, 4) is 0 Å². The summed E-state index contributed by atoms with van der Waals surface area (Å²) >= 11 is 0. The van der Waals surface area contributed by atoms with E-state index in [0.717, 1.165) is 0 Å². The molecular formula is CHN5O2.